The van der Waals surface area contributed by atoms with Crippen LogP contribution in [0.2, 0.25) is 0 Å². The monoisotopic (exact) mass is 203 g/mol. The third kappa shape index (κ3) is 3.72. The SMILES string of the molecule is Cc1ccc(C(C)(C)C)c(O)c1.[K]. The first-order valence-corrected chi connectivity index (χ1v) is 4.21. The summed E-state index contributed by atoms with van der Waals surface area (Å²) in [5, 5.41) is 9.63. The predicted molar refractivity (Wildman–Crippen MR) is 57.3 cm³/mol. The zero-order valence-corrected chi connectivity index (χ0v) is 12.3. The summed E-state index contributed by atoms with van der Waals surface area (Å²) in [6.45, 7) is 8.26. The van der Waals surface area contributed by atoms with E-state index in [1.807, 2.05) is 19.1 Å². The molecule has 1 rings (SSSR count). The molecule has 13 heavy (non-hydrogen) atoms. The summed E-state index contributed by atoms with van der Waals surface area (Å²) in [4.78, 5) is 0. The molecule has 0 unspecified atom stereocenters. The van der Waals surface area contributed by atoms with Gasteiger partial charge in [-0.25, -0.2) is 0 Å². The molecule has 0 aromatic heterocycles. The number of hydrogen-bond donors (Lipinski definition) is 1. The van der Waals surface area contributed by atoms with Gasteiger partial charge in [-0.3, -0.25) is 0 Å². The van der Waals surface area contributed by atoms with Gasteiger partial charge in [0.1, 0.15) is 5.75 Å². The van der Waals surface area contributed by atoms with E-state index in [0.717, 1.165) is 11.1 Å². The van der Waals surface area contributed by atoms with Crippen LogP contribution in [0.25, 0.3) is 0 Å². The first kappa shape index (κ1) is 13.7. The first-order valence-electron chi connectivity index (χ1n) is 4.21. The van der Waals surface area contributed by atoms with E-state index in [-0.39, 0.29) is 56.8 Å². The van der Waals surface area contributed by atoms with Gasteiger partial charge in [-0.15, -0.1) is 0 Å². The molecule has 0 saturated carbocycles. The molecule has 2 heteroatoms. The van der Waals surface area contributed by atoms with E-state index in [1.165, 1.54) is 0 Å². The molecule has 0 amide bonds. The van der Waals surface area contributed by atoms with Crippen molar-refractivity contribution in [2.45, 2.75) is 33.1 Å². The fraction of sp³-hybridized carbons (Fsp3) is 0.455. The molecule has 0 spiro atoms. The third-order valence-corrected chi connectivity index (χ3v) is 1.96. The topological polar surface area (TPSA) is 20.2 Å². The van der Waals surface area contributed by atoms with Gasteiger partial charge in [0.25, 0.3) is 0 Å². The smallest absolute Gasteiger partial charge is 0.119 e. The Morgan fingerprint density at radius 3 is 2.08 bits per heavy atom. The van der Waals surface area contributed by atoms with Crippen molar-refractivity contribution >= 4 is 51.4 Å². The van der Waals surface area contributed by atoms with E-state index in [4.69, 9.17) is 0 Å². The van der Waals surface area contributed by atoms with Gasteiger partial charge in [0, 0.05) is 51.4 Å². The Hall–Kier alpha value is 0.656. The minimum Gasteiger partial charge on any atom is -0.508 e. The molecule has 0 heterocycles. The van der Waals surface area contributed by atoms with Gasteiger partial charge in [-0.05, 0) is 29.5 Å². The molecule has 0 bridgehead atoms. The van der Waals surface area contributed by atoms with E-state index in [2.05, 4.69) is 20.8 Å². The second-order valence-electron chi connectivity index (χ2n) is 4.27. The number of phenolic OH excluding ortho intramolecular Hbond substituents is 1. The molecule has 0 aliphatic heterocycles. The Balaban J connectivity index is 0.00000144. The average Bonchev–Trinajstić information content (AvgIpc) is 1.83. The Bertz CT molecular complexity index is 287. The third-order valence-electron chi connectivity index (χ3n) is 1.96. The molecule has 0 fully saturated rings. The molecule has 0 atom stereocenters. The molecule has 1 aromatic carbocycles. The van der Waals surface area contributed by atoms with Crippen LogP contribution in [0.3, 0.4) is 0 Å². The molecule has 0 aliphatic carbocycles. The van der Waals surface area contributed by atoms with Crippen LogP contribution in [-0.4, -0.2) is 56.5 Å². The Kier molecular flexibility index (Phi) is 5.19. The van der Waals surface area contributed by atoms with Gasteiger partial charge < -0.3 is 5.11 Å². The Morgan fingerprint density at radius 2 is 1.69 bits per heavy atom. The summed E-state index contributed by atoms with van der Waals surface area (Å²) in [7, 11) is 0. The van der Waals surface area contributed by atoms with Crippen molar-refractivity contribution in [3.8, 4) is 5.75 Å². The van der Waals surface area contributed by atoms with Crippen molar-refractivity contribution in [2.24, 2.45) is 0 Å². The van der Waals surface area contributed by atoms with Crippen molar-refractivity contribution in [2.75, 3.05) is 0 Å². The van der Waals surface area contributed by atoms with E-state index >= 15 is 0 Å². The van der Waals surface area contributed by atoms with Crippen LogP contribution in [0.1, 0.15) is 31.9 Å². The predicted octanol–water partition coefficient (Wildman–Crippen LogP) is 2.62. The normalized spacial score (nSPS) is 10.8. The van der Waals surface area contributed by atoms with Gasteiger partial charge in [-0.1, -0.05) is 32.9 Å². The van der Waals surface area contributed by atoms with E-state index in [0.29, 0.717) is 5.75 Å². The van der Waals surface area contributed by atoms with Crippen molar-refractivity contribution in [1.29, 1.82) is 0 Å². The van der Waals surface area contributed by atoms with Crippen LogP contribution in [0.5, 0.6) is 5.75 Å². The van der Waals surface area contributed by atoms with Crippen LogP contribution < -0.4 is 0 Å². The van der Waals surface area contributed by atoms with Gasteiger partial charge >= 0.3 is 0 Å². The molecule has 1 nitrogen and oxygen atoms in total. The van der Waals surface area contributed by atoms with E-state index in [1.54, 1.807) is 6.07 Å². The molecule has 0 saturated heterocycles. The summed E-state index contributed by atoms with van der Waals surface area (Å²) >= 11 is 0. The quantitative estimate of drug-likeness (QED) is 0.643. The van der Waals surface area contributed by atoms with Crippen molar-refractivity contribution in [3.05, 3.63) is 29.3 Å². The summed E-state index contributed by atoms with van der Waals surface area (Å²) in [6, 6.07) is 5.82. The maximum Gasteiger partial charge on any atom is 0.119 e. The summed E-state index contributed by atoms with van der Waals surface area (Å²) < 4.78 is 0. The number of aromatic hydroxyl groups is 1. The minimum absolute atomic E-state index is 0. The van der Waals surface area contributed by atoms with Crippen LogP contribution in [0.4, 0.5) is 0 Å². The fourth-order valence-electron chi connectivity index (χ4n) is 1.28. The number of hydrogen-bond acceptors (Lipinski definition) is 1. The summed E-state index contributed by atoms with van der Waals surface area (Å²) in [6.07, 6.45) is 0. The molecular weight excluding hydrogens is 187 g/mol. The van der Waals surface area contributed by atoms with Crippen molar-refractivity contribution in [3.63, 3.8) is 0 Å². The van der Waals surface area contributed by atoms with Crippen LogP contribution in [-0.2, 0) is 5.41 Å². The fourth-order valence-corrected chi connectivity index (χ4v) is 1.28. The number of benzene rings is 1. The molecule has 67 valence electrons. The molecule has 1 N–H and O–H groups in total. The number of rotatable bonds is 0. The van der Waals surface area contributed by atoms with Gasteiger partial charge in [-0.2, -0.15) is 0 Å². The van der Waals surface area contributed by atoms with Crippen LogP contribution in [0, 0.1) is 6.92 Å². The average molecular weight is 203 g/mol. The number of phenols is 1. The maximum atomic E-state index is 9.63. The molecule has 1 aromatic rings. The van der Waals surface area contributed by atoms with Gasteiger partial charge in [0.2, 0.25) is 0 Å². The van der Waals surface area contributed by atoms with Crippen molar-refractivity contribution in [1.82, 2.24) is 0 Å². The van der Waals surface area contributed by atoms with E-state index in [9.17, 15) is 5.11 Å². The molecule has 1 radical (unpaired) electrons. The molecular formula is C11H16KO. The zero-order chi connectivity index (χ0) is 9.35. The summed E-state index contributed by atoms with van der Waals surface area (Å²) in [5.74, 6) is 0.405. The second kappa shape index (κ2) is 4.94. The van der Waals surface area contributed by atoms with Gasteiger partial charge in [0.15, 0.2) is 0 Å². The Labute approximate surface area is 123 Å². The minimum atomic E-state index is 0. The largest absolute Gasteiger partial charge is 0.508 e. The van der Waals surface area contributed by atoms with Crippen molar-refractivity contribution < 1.29 is 5.11 Å². The van der Waals surface area contributed by atoms with Crippen LogP contribution in [0.15, 0.2) is 18.2 Å². The Morgan fingerprint density at radius 1 is 1.15 bits per heavy atom. The van der Waals surface area contributed by atoms with Crippen LogP contribution >= 0.6 is 0 Å². The standard InChI is InChI=1S/C11H16O.K/c1-8-5-6-9(10(12)7-8)11(2,3)4;/h5-7,12H,1-4H3;. The zero-order valence-electron chi connectivity index (χ0n) is 9.18. The molecule has 0 aliphatic rings. The number of aryl methyl sites for hydroxylation is 1. The summed E-state index contributed by atoms with van der Waals surface area (Å²) in [5.41, 5.74) is 2.13. The van der Waals surface area contributed by atoms with Gasteiger partial charge in [0.05, 0.1) is 0 Å². The first-order chi connectivity index (χ1) is 5.41. The maximum absolute atomic E-state index is 9.63. The second-order valence-corrected chi connectivity index (χ2v) is 4.27. The van der Waals surface area contributed by atoms with E-state index < -0.39 is 0 Å².